The third-order valence-electron chi connectivity index (χ3n) is 6.77. The van der Waals surface area contributed by atoms with Crippen LogP contribution in [-0.2, 0) is 20.8 Å². The third kappa shape index (κ3) is 6.19. The zero-order chi connectivity index (χ0) is 31.1. The predicted molar refractivity (Wildman–Crippen MR) is 162 cm³/mol. The van der Waals surface area contributed by atoms with Gasteiger partial charge in [0.05, 0.1) is 35.6 Å². The first-order valence-electron chi connectivity index (χ1n) is 14.2. The standard InChI is InChI=1S/C33H37N3O7/c1-32(2,3)42-30(38)35-19-26-27(29(35)37)23-13-12-21-18-34-25(20-10-8-11-22(16-20)41-15-9-14-40-7)17-24(21)28(23)36(26)31(39)43-33(4,5)6/h8,10-13,16-18H,9,14-15,19H2,1-7H3. The molecular formula is C33H37N3O7. The number of rotatable bonds is 6. The van der Waals surface area contributed by atoms with E-state index in [0.717, 1.165) is 22.3 Å². The molecule has 2 amide bonds. The van der Waals surface area contributed by atoms with Crippen molar-refractivity contribution in [3.05, 3.63) is 59.9 Å². The lowest BCUT2D eigenvalue weighted by Crippen LogP contribution is -2.37. The van der Waals surface area contributed by atoms with Crippen LogP contribution in [0.1, 0.15) is 64.0 Å². The Bertz CT molecular complexity index is 1730. The topological polar surface area (TPSA) is 109 Å². The van der Waals surface area contributed by atoms with Crippen molar-refractivity contribution in [2.75, 3.05) is 20.3 Å². The fourth-order valence-corrected chi connectivity index (χ4v) is 5.06. The molecule has 4 aromatic rings. The van der Waals surface area contributed by atoms with Gasteiger partial charge in [0.15, 0.2) is 0 Å². The molecule has 5 rings (SSSR count). The molecule has 1 aliphatic heterocycles. The van der Waals surface area contributed by atoms with Crippen molar-refractivity contribution < 1.29 is 33.3 Å². The second-order valence-electron chi connectivity index (χ2n) is 12.5. The van der Waals surface area contributed by atoms with E-state index in [1.54, 1.807) is 60.9 Å². The first-order valence-corrected chi connectivity index (χ1v) is 14.2. The number of hydrogen-bond acceptors (Lipinski definition) is 8. The van der Waals surface area contributed by atoms with Crippen molar-refractivity contribution in [3.63, 3.8) is 0 Å². The number of ether oxygens (including phenoxy) is 4. The Balaban J connectivity index is 1.64. The van der Waals surface area contributed by atoms with E-state index in [2.05, 4.69) is 4.98 Å². The van der Waals surface area contributed by atoms with Crippen molar-refractivity contribution in [2.45, 2.75) is 65.7 Å². The zero-order valence-electron chi connectivity index (χ0n) is 25.6. The van der Waals surface area contributed by atoms with Crippen molar-refractivity contribution in [1.29, 1.82) is 0 Å². The van der Waals surface area contributed by atoms with Crippen molar-refractivity contribution in [1.82, 2.24) is 14.5 Å². The maximum absolute atomic E-state index is 13.8. The molecule has 2 aromatic carbocycles. The number of pyridine rings is 1. The minimum absolute atomic E-state index is 0.126. The summed E-state index contributed by atoms with van der Waals surface area (Å²) in [7, 11) is 1.66. The van der Waals surface area contributed by atoms with E-state index in [-0.39, 0.29) is 12.1 Å². The van der Waals surface area contributed by atoms with Crippen LogP contribution in [-0.4, -0.2) is 64.1 Å². The van der Waals surface area contributed by atoms with Gasteiger partial charge < -0.3 is 18.9 Å². The van der Waals surface area contributed by atoms with Gasteiger partial charge in [-0.25, -0.2) is 19.1 Å². The second-order valence-corrected chi connectivity index (χ2v) is 12.5. The number of methoxy groups -OCH3 is 1. The molecule has 0 saturated heterocycles. The van der Waals surface area contributed by atoms with Gasteiger partial charge in [0.25, 0.3) is 5.91 Å². The molecule has 0 N–H and O–H groups in total. The highest BCUT2D eigenvalue weighted by Crippen LogP contribution is 2.39. The molecule has 0 fully saturated rings. The van der Waals surface area contributed by atoms with E-state index in [9.17, 15) is 14.4 Å². The summed E-state index contributed by atoms with van der Waals surface area (Å²) in [6.07, 6.45) is 1.09. The second kappa shape index (κ2) is 11.3. The molecule has 226 valence electrons. The molecule has 0 unspecified atom stereocenters. The third-order valence-corrected chi connectivity index (χ3v) is 6.77. The van der Waals surface area contributed by atoms with E-state index in [1.807, 2.05) is 36.4 Å². The SMILES string of the molecule is COCCCOc1cccc(-c2cc3c(ccc4c5c(n(C(=O)OC(C)(C)C)c43)CN(C(=O)OC(C)(C)C)C5=O)cn2)c1. The molecule has 0 saturated carbocycles. The largest absolute Gasteiger partial charge is 0.493 e. The maximum Gasteiger partial charge on any atom is 0.419 e. The van der Waals surface area contributed by atoms with Crippen LogP contribution in [0.2, 0.25) is 0 Å². The molecule has 3 heterocycles. The molecule has 0 aliphatic carbocycles. The Labute approximate surface area is 250 Å². The van der Waals surface area contributed by atoms with Gasteiger partial charge >= 0.3 is 12.2 Å². The van der Waals surface area contributed by atoms with Crippen LogP contribution in [0.15, 0.2) is 48.7 Å². The highest BCUT2D eigenvalue weighted by Gasteiger charge is 2.41. The number of carbonyl (C=O) groups excluding carboxylic acids is 3. The molecule has 10 heteroatoms. The summed E-state index contributed by atoms with van der Waals surface area (Å²) in [6, 6.07) is 13.2. The van der Waals surface area contributed by atoms with Gasteiger partial charge in [-0.05, 0) is 59.7 Å². The average Bonchev–Trinajstić information content (AvgIpc) is 3.43. The Morgan fingerprint density at radius 3 is 2.33 bits per heavy atom. The monoisotopic (exact) mass is 587 g/mol. The van der Waals surface area contributed by atoms with Crippen molar-refractivity contribution in [2.24, 2.45) is 0 Å². The van der Waals surface area contributed by atoms with Crippen LogP contribution in [0.3, 0.4) is 0 Å². The van der Waals surface area contributed by atoms with Gasteiger partial charge in [0, 0.05) is 48.1 Å². The van der Waals surface area contributed by atoms with E-state index in [0.29, 0.717) is 46.6 Å². The predicted octanol–water partition coefficient (Wildman–Crippen LogP) is 6.95. The Hall–Kier alpha value is -4.44. The van der Waals surface area contributed by atoms with Gasteiger partial charge in [0.2, 0.25) is 0 Å². The molecule has 0 spiro atoms. The van der Waals surface area contributed by atoms with Gasteiger partial charge in [-0.1, -0.05) is 24.3 Å². The molecule has 43 heavy (non-hydrogen) atoms. The van der Waals surface area contributed by atoms with Gasteiger partial charge in [0.1, 0.15) is 17.0 Å². The number of fused-ring (bicyclic) bond motifs is 5. The van der Waals surface area contributed by atoms with Crippen LogP contribution in [0.4, 0.5) is 9.59 Å². The highest BCUT2D eigenvalue weighted by atomic mass is 16.6. The fourth-order valence-electron chi connectivity index (χ4n) is 5.06. The van der Waals surface area contributed by atoms with Gasteiger partial charge in [-0.2, -0.15) is 0 Å². The number of aromatic nitrogens is 2. The number of benzene rings is 2. The van der Waals surface area contributed by atoms with E-state index < -0.39 is 29.3 Å². The summed E-state index contributed by atoms with van der Waals surface area (Å²) in [5.74, 6) is 0.182. The highest BCUT2D eigenvalue weighted by molar-refractivity contribution is 6.21. The average molecular weight is 588 g/mol. The van der Waals surface area contributed by atoms with E-state index in [4.69, 9.17) is 18.9 Å². The van der Waals surface area contributed by atoms with Crippen LogP contribution < -0.4 is 4.74 Å². The Morgan fingerprint density at radius 2 is 1.63 bits per heavy atom. The van der Waals surface area contributed by atoms with E-state index in [1.165, 1.54) is 4.57 Å². The minimum atomic E-state index is -0.797. The Morgan fingerprint density at radius 1 is 0.907 bits per heavy atom. The summed E-state index contributed by atoms with van der Waals surface area (Å²) >= 11 is 0. The number of imide groups is 1. The van der Waals surface area contributed by atoms with Crippen LogP contribution in [0, 0.1) is 0 Å². The molecule has 2 aromatic heterocycles. The van der Waals surface area contributed by atoms with E-state index >= 15 is 0 Å². The maximum atomic E-state index is 13.8. The Kier molecular flexibility index (Phi) is 7.91. The quantitative estimate of drug-likeness (QED) is 0.223. The number of carbonyl (C=O) groups is 3. The smallest absolute Gasteiger partial charge is 0.419 e. The number of amides is 2. The lowest BCUT2D eigenvalue weighted by Gasteiger charge is -2.24. The molecule has 10 nitrogen and oxygen atoms in total. The van der Waals surface area contributed by atoms with Crippen LogP contribution in [0.25, 0.3) is 32.9 Å². The van der Waals surface area contributed by atoms with Gasteiger partial charge in [-0.3, -0.25) is 9.78 Å². The number of nitrogens with zero attached hydrogens (tertiary/aromatic N) is 3. The minimum Gasteiger partial charge on any atom is -0.493 e. The normalized spacial score (nSPS) is 13.5. The summed E-state index contributed by atoms with van der Waals surface area (Å²) in [4.78, 5) is 46.1. The summed E-state index contributed by atoms with van der Waals surface area (Å²) in [5, 5.41) is 2.03. The molecule has 0 atom stereocenters. The van der Waals surface area contributed by atoms with Crippen LogP contribution >= 0.6 is 0 Å². The van der Waals surface area contributed by atoms with Gasteiger partial charge in [-0.15, -0.1) is 0 Å². The van der Waals surface area contributed by atoms with Crippen LogP contribution in [0.5, 0.6) is 5.75 Å². The summed E-state index contributed by atoms with van der Waals surface area (Å²) in [5.41, 5.74) is 1.08. The fraction of sp³-hybridized carbons (Fsp3) is 0.394. The molecule has 1 aliphatic rings. The molecular weight excluding hydrogens is 550 g/mol. The lowest BCUT2D eigenvalue weighted by atomic mass is 10.0. The first kappa shape index (κ1) is 30.0. The zero-order valence-corrected chi connectivity index (χ0v) is 25.6. The van der Waals surface area contributed by atoms with Crippen molar-refractivity contribution in [3.8, 4) is 17.0 Å². The molecule has 0 bridgehead atoms. The summed E-state index contributed by atoms with van der Waals surface area (Å²) in [6.45, 7) is 11.5. The number of hydrogen-bond donors (Lipinski definition) is 0. The molecule has 0 radical (unpaired) electrons. The summed E-state index contributed by atoms with van der Waals surface area (Å²) < 4.78 is 23.7. The lowest BCUT2D eigenvalue weighted by molar-refractivity contribution is 0.0241. The first-order chi connectivity index (χ1) is 20.3. The van der Waals surface area contributed by atoms with Crippen molar-refractivity contribution >= 4 is 39.8 Å².